The van der Waals surface area contributed by atoms with Gasteiger partial charge in [0.05, 0.1) is 0 Å². The molecule has 0 saturated carbocycles. The zero-order chi connectivity index (χ0) is 13.9. The lowest BCUT2D eigenvalue weighted by molar-refractivity contribution is -0.112. The summed E-state index contributed by atoms with van der Waals surface area (Å²) in [6, 6.07) is 12.8. The highest BCUT2D eigenvalue weighted by Crippen LogP contribution is 2.53. The summed E-state index contributed by atoms with van der Waals surface area (Å²) < 4.78 is 0. The van der Waals surface area contributed by atoms with Crippen molar-refractivity contribution < 1.29 is 4.79 Å². The number of hydrogen-bond donors (Lipinski definition) is 0. The number of rotatable bonds is 2. The monoisotopic (exact) mass is 260 g/mol. The van der Waals surface area contributed by atoms with Crippen molar-refractivity contribution in [2.45, 2.75) is 26.7 Å². The maximum Gasteiger partial charge on any atom is 0.186 e. The van der Waals surface area contributed by atoms with Crippen molar-refractivity contribution in [1.82, 2.24) is 0 Å². The zero-order valence-electron chi connectivity index (χ0n) is 11.8. The molecule has 2 aliphatic rings. The summed E-state index contributed by atoms with van der Waals surface area (Å²) >= 11 is 0. The molecule has 0 bridgehead atoms. The van der Waals surface area contributed by atoms with E-state index in [1.54, 1.807) is 0 Å². The normalized spacial score (nSPS) is 16.6. The summed E-state index contributed by atoms with van der Waals surface area (Å²) in [5.74, 6) is 0.270. The Labute approximate surface area is 118 Å². The predicted octanol–water partition coefficient (Wildman–Crippen LogP) is 4.76. The molecule has 0 amide bonds. The lowest BCUT2D eigenvalue weighted by Gasteiger charge is -2.05. The quantitative estimate of drug-likeness (QED) is 0.760. The fraction of sp³-hybridized carbons (Fsp3) is 0.211. The highest BCUT2D eigenvalue weighted by molar-refractivity contribution is 6.37. The maximum atomic E-state index is 12.6. The first-order valence-electron chi connectivity index (χ1n) is 7.31. The lowest BCUT2D eigenvalue weighted by Crippen LogP contribution is -2.01. The molecule has 0 saturated heterocycles. The van der Waals surface area contributed by atoms with E-state index < -0.39 is 0 Å². The van der Waals surface area contributed by atoms with Gasteiger partial charge in [-0.1, -0.05) is 50.2 Å². The molecule has 0 atom stereocenters. The number of allylic oxidation sites excluding steroid dienone is 4. The molecule has 0 aliphatic heterocycles. The number of benzene rings is 2. The molecule has 0 aromatic heterocycles. The lowest BCUT2D eigenvalue weighted by atomic mass is 9.98. The van der Waals surface area contributed by atoms with E-state index in [-0.39, 0.29) is 5.78 Å². The van der Waals surface area contributed by atoms with Crippen LogP contribution in [0.5, 0.6) is 0 Å². The van der Waals surface area contributed by atoms with E-state index in [2.05, 4.69) is 50.2 Å². The molecular formula is C19H16O. The van der Waals surface area contributed by atoms with Crippen molar-refractivity contribution in [1.29, 1.82) is 0 Å². The maximum absolute atomic E-state index is 12.6. The highest BCUT2D eigenvalue weighted by atomic mass is 16.1. The SMILES string of the molecule is CCC1=C2C(=C(CC)C1=O)c1cccc3cccc2c13. The van der Waals surface area contributed by atoms with Gasteiger partial charge in [-0.3, -0.25) is 4.79 Å². The van der Waals surface area contributed by atoms with Gasteiger partial charge < -0.3 is 0 Å². The largest absolute Gasteiger partial charge is 0.289 e. The Kier molecular flexibility index (Phi) is 2.29. The van der Waals surface area contributed by atoms with Gasteiger partial charge in [0.1, 0.15) is 0 Å². The van der Waals surface area contributed by atoms with Gasteiger partial charge in [0.25, 0.3) is 0 Å². The van der Waals surface area contributed by atoms with E-state index >= 15 is 0 Å². The van der Waals surface area contributed by atoms with Crippen LogP contribution in [-0.2, 0) is 4.79 Å². The van der Waals surface area contributed by atoms with Crippen molar-refractivity contribution >= 4 is 27.7 Å². The van der Waals surface area contributed by atoms with Crippen LogP contribution < -0.4 is 0 Å². The molecule has 0 N–H and O–H groups in total. The second-order valence-corrected chi connectivity index (χ2v) is 5.45. The highest BCUT2D eigenvalue weighted by Gasteiger charge is 2.36. The molecule has 1 nitrogen and oxygen atoms in total. The number of hydrogen-bond acceptors (Lipinski definition) is 1. The number of carbonyl (C=O) groups is 1. The minimum Gasteiger partial charge on any atom is -0.289 e. The molecule has 2 aromatic carbocycles. The van der Waals surface area contributed by atoms with Crippen molar-refractivity contribution in [3.63, 3.8) is 0 Å². The first-order chi connectivity index (χ1) is 9.77. The second-order valence-electron chi connectivity index (χ2n) is 5.45. The van der Waals surface area contributed by atoms with Crippen LogP contribution in [-0.4, -0.2) is 5.78 Å². The summed E-state index contributed by atoms with van der Waals surface area (Å²) in [7, 11) is 0. The van der Waals surface area contributed by atoms with Crippen molar-refractivity contribution in [3.8, 4) is 0 Å². The van der Waals surface area contributed by atoms with E-state index in [0.717, 1.165) is 24.0 Å². The van der Waals surface area contributed by atoms with E-state index in [9.17, 15) is 4.79 Å². The van der Waals surface area contributed by atoms with Crippen molar-refractivity contribution in [3.05, 3.63) is 58.7 Å². The topological polar surface area (TPSA) is 17.1 Å². The van der Waals surface area contributed by atoms with Crippen LogP contribution in [0, 0.1) is 0 Å². The molecule has 0 radical (unpaired) electrons. The summed E-state index contributed by atoms with van der Waals surface area (Å²) in [5.41, 5.74) is 6.92. The Hall–Kier alpha value is -2.15. The van der Waals surface area contributed by atoms with Crippen molar-refractivity contribution in [2.75, 3.05) is 0 Å². The second kappa shape index (κ2) is 3.92. The van der Waals surface area contributed by atoms with Crippen LogP contribution in [0.25, 0.3) is 21.9 Å². The standard InChI is InChI=1S/C19H16O/c1-3-12-17-14-9-5-7-11-8-6-10-15(16(11)14)18(17)13(4-2)19(12)20/h5-10H,3-4H2,1-2H3. The molecule has 20 heavy (non-hydrogen) atoms. The third-order valence-electron chi connectivity index (χ3n) is 4.55. The predicted molar refractivity (Wildman–Crippen MR) is 83.4 cm³/mol. The van der Waals surface area contributed by atoms with Gasteiger partial charge >= 0.3 is 0 Å². The number of Topliss-reactive ketones (excluding diaryl/α,β-unsaturated/α-hetero) is 1. The molecule has 0 unspecified atom stereocenters. The van der Waals surface area contributed by atoms with Crippen LogP contribution in [0.2, 0.25) is 0 Å². The first kappa shape index (κ1) is 11.7. The van der Waals surface area contributed by atoms with E-state index in [0.29, 0.717) is 0 Å². The molecule has 2 aromatic rings. The van der Waals surface area contributed by atoms with Gasteiger partial charge in [-0.15, -0.1) is 0 Å². The van der Waals surface area contributed by atoms with Gasteiger partial charge in [0, 0.05) is 11.1 Å². The molecule has 0 heterocycles. The zero-order valence-corrected chi connectivity index (χ0v) is 11.8. The third kappa shape index (κ3) is 1.21. The Morgan fingerprint density at radius 2 is 1.30 bits per heavy atom. The average Bonchev–Trinajstić information content (AvgIpc) is 2.94. The van der Waals surface area contributed by atoms with E-state index in [4.69, 9.17) is 0 Å². The Morgan fingerprint density at radius 3 is 1.75 bits per heavy atom. The van der Waals surface area contributed by atoms with E-state index in [1.807, 2.05) is 0 Å². The molecule has 0 fully saturated rings. The number of ketones is 1. The Bertz CT molecular complexity index is 769. The minimum absolute atomic E-state index is 0.270. The Morgan fingerprint density at radius 1 is 0.800 bits per heavy atom. The third-order valence-corrected chi connectivity index (χ3v) is 4.55. The first-order valence-corrected chi connectivity index (χ1v) is 7.31. The van der Waals surface area contributed by atoms with Gasteiger partial charge in [0.2, 0.25) is 0 Å². The number of carbonyl (C=O) groups excluding carboxylic acids is 1. The Balaban J connectivity index is 2.21. The molecular weight excluding hydrogens is 244 g/mol. The summed E-state index contributed by atoms with van der Waals surface area (Å²) in [6.07, 6.45) is 1.62. The number of fused-ring (bicyclic) bond motifs is 3. The molecule has 1 heteroatoms. The van der Waals surface area contributed by atoms with Crippen LogP contribution in [0.1, 0.15) is 37.8 Å². The fourth-order valence-electron chi connectivity index (χ4n) is 3.74. The molecule has 98 valence electrons. The van der Waals surface area contributed by atoms with Crippen LogP contribution >= 0.6 is 0 Å². The van der Waals surface area contributed by atoms with Crippen LogP contribution in [0.3, 0.4) is 0 Å². The van der Waals surface area contributed by atoms with Gasteiger partial charge in [-0.2, -0.15) is 0 Å². The minimum atomic E-state index is 0.270. The summed E-state index contributed by atoms with van der Waals surface area (Å²) in [6.45, 7) is 4.17. The van der Waals surface area contributed by atoms with Crippen molar-refractivity contribution in [2.24, 2.45) is 0 Å². The fourth-order valence-corrected chi connectivity index (χ4v) is 3.74. The van der Waals surface area contributed by atoms with Crippen LogP contribution in [0.15, 0.2) is 47.5 Å². The summed E-state index contributed by atoms with van der Waals surface area (Å²) in [5, 5.41) is 2.59. The van der Waals surface area contributed by atoms with Gasteiger partial charge in [-0.05, 0) is 45.9 Å². The van der Waals surface area contributed by atoms with E-state index in [1.165, 1.54) is 33.0 Å². The molecule has 2 aliphatic carbocycles. The molecule has 4 rings (SSSR count). The van der Waals surface area contributed by atoms with Crippen LogP contribution in [0.4, 0.5) is 0 Å². The summed E-state index contributed by atoms with van der Waals surface area (Å²) in [4.78, 5) is 12.6. The van der Waals surface area contributed by atoms with Gasteiger partial charge in [0.15, 0.2) is 5.78 Å². The molecule has 0 spiro atoms. The van der Waals surface area contributed by atoms with Gasteiger partial charge in [-0.25, -0.2) is 0 Å². The smallest absolute Gasteiger partial charge is 0.186 e. The average molecular weight is 260 g/mol.